The van der Waals surface area contributed by atoms with Gasteiger partial charge in [-0.3, -0.25) is 0 Å². The van der Waals surface area contributed by atoms with Crippen LogP contribution in [0.4, 0.5) is 0 Å². The fourth-order valence-electron chi connectivity index (χ4n) is 1.85. The summed E-state index contributed by atoms with van der Waals surface area (Å²) in [6.07, 6.45) is 0.992. The number of aryl methyl sites for hydroxylation is 1. The van der Waals surface area contributed by atoms with E-state index in [0.717, 1.165) is 17.9 Å². The lowest BCUT2D eigenvalue weighted by Gasteiger charge is -2.22. The lowest BCUT2D eigenvalue weighted by molar-refractivity contribution is 0.170. The zero-order valence-electron chi connectivity index (χ0n) is 9.67. The first-order valence-corrected chi connectivity index (χ1v) is 5.64. The molecule has 15 heavy (non-hydrogen) atoms. The second-order valence-corrected chi connectivity index (χ2v) is 4.21. The predicted molar refractivity (Wildman–Crippen MR) is 60.9 cm³/mol. The van der Waals surface area contributed by atoms with Crippen LogP contribution in [-0.4, -0.2) is 13.2 Å². The molecule has 0 amide bonds. The highest BCUT2D eigenvalue weighted by molar-refractivity contribution is 5.51. The summed E-state index contributed by atoms with van der Waals surface area (Å²) >= 11 is 0. The third-order valence-electron chi connectivity index (χ3n) is 2.79. The molecule has 0 bridgehead atoms. The first-order valence-electron chi connectivity index (χ1n) is 5.64. The van der Waals surface area contributed by atoms with Crippen LogP contribution in [0.25, 0.3) is 0 Å². The van der Waals surface area contributed by atoms with Crippen molar-refractivity contribution in [1.82, 2.24) is 0 Å². The van der Waals surface area contributed by atoms with E-state index in [1.165, 1.54) is 11.1 Å². The first kappa shape index (κ1) is 10.3. The number of hydrogen-bond acceptors (Lipinski definition) is 2. The predicted octanol–water partition coefficient (Wildman–Crippen LogP) is 3.14. The molecule has 0 fully saturated rings. The SMILES string of the molecule is CCc1cc(C(C)C)cc2c1OCCO2. The van der Waals surface area contributed by atoms with E-state index in [9.17, 15) is 0 Å². The monoisotopic (exact) mass is 206 g/mol. The van der Waals surface area contributed by atoms with E-state index in [2.05, 4.69) is 32.9 Å². The van der Waals surface area contributed by atoms with Crippen molar-refractivity contribution in [1.29, 1.82) is 0 Å². The Morgan fingerprint density at radius 1 is 1.20 bits per heavy atom. The second-order valence-electron chi connectivity index (χ2n) is 4.21. The third kappa shape index (κ3) is 1.94. The molecule has 0 aromatic heterocycles. The minimum absolute atomic E-state index is 0.533. The van der Waals surface area contributed by atoms with Gasteiger partial charge in [0, 0.05) is 0 Å². The van der Waals surface area contributed by atoms with Crippen LogP contribution >= 0.6 is 0 Å². The Morgan fingerprint density at radius 2 is 1.93 bits per heavy atom. The summed E-state index contributed by atoms with van der Waals surface area (Å²) in [7, 11) is 0. The summed E-state index contributed by atoms with van der Waals surface area (Å²) in [5, 5.41) is 0. The Labute approximate surface area is 91.2 Å². The van der Waals surface area contributed by atoms with Crippen LogP contribution in [0, 0.1) is 0 Å². The van der Waals surface area contributed by atoms with Gasteiger partial charge in [-0.15, -0.1) is 0 Å². The zero-order valence-corrected chi connectivity index (χ0v) is 9.67. The van der Waals surface area contributed by atoms with Gasteiger partial charge in [-0.05, 0) is 29.5 Å². The van der Waals surface area contributed by atoms with Crippen molar-refractivity contribution in [3.63, 3.8) is 0 Å². The molecule has 1 aliphatic heterocycles. The molecule has 82 valence electrons. The van der Waals surface area contributed by atoms with Crippen LogP contribution in [0.2, 0.25) is 0 Å². The average molecular weight is 206 g/mol. The van der Waals surface area contributed by atoms with Gasteiger partial charge in [-0.25, -0.2) is 0 Å². The molecule has 2 rings (SSSR count). The lowest BCUT2D eigenvalue weighted by Crippen LogP contribution is -2.17. The number of hydrogen-bond donors (Lipinski definition) is 0. The van der Waals surface area contributed by atoms with Gasteiger partial charge in [-0.1, -0.05) is 26.8 Å². The van der Waals surface area contributed by atoms with Gasteiger partial charge in [0.1, 0.15) is 13.2 Å². The molecule has 0 aliphatic carbocycles. The lowest BCUT2D eigenvalue weighted by atomic mass is 9.98. The normalized spacial score (nSPS) is 14.4. The standard InChI is InChI=1S/C13H18O2/c1-4-10-7-11(9(2)3)8-12-13(10)15-6-5-14-12/h7-9H,4-6H2,1-3H3. The van der Waals surface area contributed by atoms with Crippen LogP contribution in [-0.2, 0) is 6.42 Å². The summed E-state index contributed by atoms with van der Waals surface area (Å²) < 4.78 is 11.3. The van der Waals surface area contributed by atoms with Crippen LogP contribution in [0.1, 0.15) is 37.8 Å². The molecular formula is C13H18O2. The average Bonchev–Trinajstić information content (AvgIpc) is 2.27. The molecule has 1 aromatic rings. The summed E-state index contributed by atoms with van der Waals surface area (Å²) in [6.45, 7) is 7.88. The van der Waals surface area contributed by atoms with Crippen molar-refractivity contribution in [3.8, 4) is 11.5 Å². The molecule has 0 spiro atoms. The molecule has 0 saturated carbocycles. The number of rotatable bonds is 2. The Morgan fingerprint density at radius 3 is 2.60 bits per heavy atom. The minimum atomic E-state index is 0.533. The fourth-order valence-corrected chi connectivity index (χ4v) is 1.85. The maximum absolute atomic E-state index is 5.66. The first-order chi connectivity index (χ1) is 7.22. The smallest absolute Gasteiger partial charge is 0.164 e. The molecular weight excluding hydrogens is 188 g/mol. The molecule has 1 heterocycles. The quantitative estimate of drug-likeness (QED) is 0.740. The summed E-state index contributed by atoms with van der Waals surface area (Å²) in [5.74, 6) is 2.41. The second kappa shape index (κ2) is 4.13. The van der Waals surface area contributed by atoms with Crippen molar-refractivity contribution in [2.45, 2.75) is 33.1 Å². The fraction of sp³-hybridized carbons (Fsp3) is 0.538. The highest BCUT2D eigenvalue weighted by atomic mass is 16.6. The Bertz CT molecular complexity index is 339. The Hall–Kier alpha value is -1.18. The summed E-state index contributed by atoms with van der Waals surface area (Å²) in [5.41, 5.74) is 2.59. The third-order valence-corrected chi connectivity index (χ3v) is 2.79. The van der Waals surface area contributed by atoms with E-state index < -0.39 is 0 Å². The van der Waals surface area contributed by atoms with E-state index in [-0.39, 0.29) is 0 Å². The Kier molecular flexibility index (Phi) is 2.85. The van der Waals surface area contributed by atoms with Gasteiger partial charge in [0.15, 0.2) is 11.5 Å². The van der Waals surface area contributed by atoms with E-state index in [1.54, 1.807) is 0 Å². The van der Waals surface area contributed by atoms with Gasteiger partial charge in [0.05, 0.1) is 0 Å². The molecule has 1 aliphatic rings. The molecule has 0 N–H and O–H groups in total. The van der Waals surface area contributed by atoms with E-state index in [1.807, 2.05) is 0 Å². The molecule has 0 unspecified atom stereocenters. The van der Waals surface area contributed by atoms with Crippen molar-refractivity contribution in [3.05, 3.63) is 23.3 Å². The minimum Gasteiger partial charge on any atom is -0.486 e. The molecule has 1 aromatic carbocycles. The van der Waals surface area contributed by atoms with E-state index in [4.69, 9.17) is 9.47 Å². The van der Waals surface area contributed by atoms with Crippen molar-refractivity contribution in [2.24, 2.45) is 0 Å². The number of ether oxygens (including phenoxy) is 2. The largest absolute Gasteiger partial charge is 0.486 e. The van der Waals surface area contributed by atoms with E-state index >= 15 is 0 Å². The van der Waals surface area contributed by atoms with E-state index in [0.29, 0.717) is 19.1 Å². The zero-order chi connectivity index (χ0) is 10.8. The maximum Gasteiger partial charge on any atom is 0.164 e. The highest BCUT2D eigenvalue weighted by Gasteiger charge is 2.17. The Balaban J connectivity index is 2.48. The number of fused-ring (bicyclic) bond motifs is 1. The van der Waals surface area contributed by atoms with Gasteiger partial charge in [0.25, 0.3) is 0 Å². The van der Waals surface area contributed by atoms with Gasteiger partial charge >= 0.3 is 0 Å². The molecule has 2 nitrogen and oxygen atoms in total. The summed E-state index contributed by atoms with van der Waals surface area (Å²) in [4.78, 5) is 0. The van der Waals surface area contributed by atoms with Crippen molar-refractivity contribution >= 4 is 0 Å². The molecule has 0 radical (unpaired) electrons. The maximum atomic E-state index is 5.66. The van der Waals surface area contributed by atoms with Crippen LogP contribution in [0.5, 0.6) is 11.5 Å². The topological polar surface area (TPSA) is 18.5 Å². The van der Waals surface area contributed by atoms with Crippen LogP contribution < -0.4 is 9.47 Å². The van der Waals surface area contributed by atoms with Crippen molar-refractivity contribution in [2.75, 3.05) is 13.2 Å². The highest BCUT2D eigenvalue weighted by Crippen LogP contribution is 2.37. The van der Waals surface area contributed by atoms with Crippen LogP contribution in [0.15, 0.2) is 12.1 Å². The summed E-state index contributed by atoms with van der Waals surface area (Å²) in [6, 6.07) is 4.34. The molecule has 2 heteroatoms. The van der Waals surface area contributed by atoms with Gasteiger partial charge < -0.3 is 9.47 Å². The van der Waals surface area contributed by atoms with Crippen LogP contribution in [0.3, 0.4) is 0 Å². The number of benzene rings is 1. The molecule has 0 atom stereocenters. The van der Waals surface area contributed by atoms with Crippen molar-refractivity contribution < 1.29 is 9.47 Å². The molecule has 0 saturated heterocycles. The van der Waals surface area contributed by atoms with Gasteiger partial charge in [0.2, 0.25) is 0 Å². The van der Waals surface area contributed by atoms with Gasteiger partial charge in [-0.2, -0.15) is 0 Å².